The van der Waals surface area contributed by atoms with E-state index in [1.807, 2.05) is 0 Å². The van der Waals surface area contributed by atoms with Gasteiger partial charge in [-0.3, -0.25) is 9.52 Å². The first-order valence-electron chi connectivity index (χ1n) is 9.31. The van der Waals surface area contributed by atoms with Gasteiger partial charge in [-0.25, -0.2) is 12.8 Å². The van der Waals surface area contributed by atoms with Crippen molar-refractivity contribution in [1.82, 2.24) is 15.5 Å². The summed E-state index contributed by atoms with van der Waals surface area (Å²) in [5.41, 5.74) is 1.03. The van der Waals surface area contributed by atoms with Gasteiger partial charge in [0.1, 0.15) is 5.82 Å². The van der Waals surface area contributed by atoms with Crippen LogP contribution < -0.4 is 10.0 Å². The molecule has 10 heteroatoms. The lowest BCUT2D eigenvalue weighted by atomic mass is 10.1. The number of carbonyl (C=O) groups is 1. The summed E-state index contributed by atoms with van der Waals surface area (Å²) in [7, 11) is -3.96. The normalized spacial score (nSPS) is 13.8. The molecule has 2 aromatic carbocycles. The van der Waals surface area contributed by atoms with Gasteiger partial charge in [0.25, 0.3) is 15.9 Å². The first-order chi connectivity index (χ1) is 14.3. The second-order valence-corrected chi connectivity index (χ2v) is 8.77. The minimum absolute atomic E-state index is 0.0444. The zero-order chi connectivity index (χ0) is 21.3. The molecule has 0 spiro atoms. The van der Waals surface area contributed by atoms with Crippen LogP contribution in [-0.4, -0.2) is 24.5 Å². The highest BCUT2D eigenvalue weighted by atomic mass is 32.2. The zero-order valence-electron chi connectivity index (χ0n) is 16.1. The van der Waals surface area contributed by atoms with E-state index in [1.54, 1.807) is 13.0 Å². The molecule has 0 saturated heterocycles. The molecular weight excluding hydrogens is 411 g/mol. The molecule has 1 fully saturated rings. The molecule has 1 amide bonds. The summed E-state index contributed by atoms with van der Waals surface area (Å²) in [4.78, 5) is 16.8. The fourth-order valence-electron chi connectivity index (χ4n) is 2.84. The Morgan fingerprint density at radius 3 is 2.63 bits per heavy atom. The molecule has 2 N–H and O–H groups in total. The standard InChI is InChI=1S/C20H19FN4O4S/c1-12-2-9-16(30(27,28)25-15-7-5-14(21)6-8-15)10-17(12)20(26)22-11-18-23-19(24-29-18)13-3-4-13/h2,5-10,13,25H,3-4,11H2,1H3,(H,22,26). The van der Waals surface area contributed by atoms with E-state index >= 15 is 0 Å². The summed E-state index contributed by atoms with van der Waals surface area (Å²) < 4.78 is 45.8. The molecule has 4 rings (SSSR count). The molecule has 156 valence electrons. The van der Waals surface area contributed by atoms with E-state index in [0.717, 1.165) is 25.0 Å². The molecule has 8 nitrogen and oxygen atoms in total. The number of hydrogen-bond acceptors (Lipinski definition) is 6. The fraction of sp³-hybridized carbons (Fsp3) is 0.250. The Labute approximate surface area is 172 Å². The summed E-state index contributed by atoms with van der Waals surface area (Å²) in [6, 6.07) is 9.17. The van der Waals surface area contributed by atoms with Crippen molar-refractivity contribution in [2.75, 3.05) is 4.72 Å². The van der Waals surface area contributed by atoms with Crippen LogP contribution in [0, 0.1) is 12.7 Å². The maximum Gasteiger partial charge on any atom is 0.261 e. The molecular formula is C20H19FN4O4S. The highest BCUT2D eigenvalue weighted by Gasteiger charge is 2.28. The summed E-state index contributed by atoms with van der Waals surface area (Å²) in [6.07, 6.45) is 2.08. The number of halogens is 1. The second-order valence-electron chi connectivity index (χ2n) is 7.09. The third-order valence-electron chi connectivity index (χ3n) is 4.69. The fourth-order valence-corrected chi connectivity index (χ4v) is 3.93. The number of nitrogens with zero attached hydrogens (tertiary/aromatic N) is 2. The molecule has 0 bridgehead atoms. The van der Waals surface area contributed by atoms with Crippen molar-refractivity contribution in [2.24, 2.45) is 0 Å². The Hall–Kier alpha value is -3.27. The Kier molecular flexibility index (Phi) is 5.25. The number of aromatic nitrogens is 2. The predicted octanol–water partition coefficient (Wildman–Crippen LogP) is 3.13. The van der Waals surface area contributed by atoms with Crippen molar-refractivity contribution in [2.45, 2.75) is 37.1 Å². The Bertz CT molecular complexity index is 1190. The van der Waals surface area contributed by atoms with E-state index in [-0.39, 0.29) is 22.7 Å². The van der Waals surface area contributed by atoms with Gasteiger partial charge in [-0.05, 0) is 61.7 Å². The van der Waals surface area contributed by atoms with E-state index in [9.17, 15) is 17.6 Å². The number of carbonyl (C=O) groups excluding carboxylic acids is 1. The van der Waals surface area contributed by atoms with Gasteiger partial charge < -0.3 is 9.84 Å². The topological polar surface area (TPSA) is 114 Å². The number of benzene rings is 2. The lowest BCUT2D eigenvalue weighted by Crippen LogP contribution is -2.24. The summed E-state index contributed by atoms with van der Waals surface area (Å²) in [6.45, 7) is 1.75. The van der Waals surface area contributed by atoms with Crippen LogP contribution in [0.1, 0.15) is 46.4 Å². The lowest BCUT2D eigenvalue weighted by Gasteiger charge is -2.11. The Morgan fingerprint density at radius 1 is 1.20 bits per heavy atom. The first kappa shape index (κ1) is 20.0. The maximum absolute atomic E-state index is 13.0. The number of rotatable bonds is 7. The van der Waals surface area contributed by atoms with E-state index in [4.69, 9.17) is 4.52 Å². The zero-order valence-corrected chi connectivity index (χ0v) is 16.9. The molecule has 3 aromatic rings. The smallest absolute Gasteiger partial charge is 0.261 e. The van der Waals surface area contributed by atoms with Crippen LogP contribution in [0.25, 0.3) is 0 Å². The van der Waals surface area contributed by atoms with Crippen LogP contribution in [0.3, 0.4) is 0 Å². The van der Waals surface area contributed by atoms with Gasteiger partial charge in [0.2, 0.25) is 5.89 Å². The lowest BCUT2D eigenvalue weighted by molar-refractivity contribution is 0.0945. The van der Waals surface area contributed by atoms with Crippen molar-refractivity contribution in [3.05, 3.63) is 71.1 Å². The Morgan fingerprint density at radius 2 is 1.93 bits per heavy atom. The molecule has 0 radical (unpaired) electrons. The first-order valence-corrected chi connectivity index (χ1v) is 10.8. The van der Waals surface area contributed by atoms with E-state index in [1.165, 1.54) is 24.3 Å². The summed E-state index contributed by atoms with van der Waals surface area (Å²) in [5, 5.41) is 6.56. The maximum atomic E-state index is 13.0. The Balaban J connectivity index is 1.48. The number of hydrogen-bond donors (Lipinski definition) is 2. The number of sulfonamides is 1. The van der Waals surface area contributed by atoms with Gasteiger partial charge in [0, 0.05) is 17.2 Å². The van der Waals surface area contributed by atoms with Crippen molar-refractivity contribution >= 4 is 21.6 Å². The molecule has 1 aliphatic rings. The minimum Gasteiger partial charge on any atom is -0.343 e. The highest BCUT2D eigenvalue weighted by Crippen LogP contribution is 2.38. The number of anilines is 1. The molecule has 0 aliphatic heterocycles. The van der Waals surface area contributed by atoms with Gasteiger partial charge in [0.05, 0.1) is 11.4 Å². The quantitative estimate of drug-likeness (QED) is 0.595. The molecule has 1 aliphatic carbocycles. The average Bonchev–Trinajstić information content (AvgIpc) is 3.46. The van der Waals surface area contributed by atoms with Crippen molar-refractivity contribution in [3.63, 3.8) is 0 Å². The largest absolute Gasteiger partial charge is 0.343 e. The summed E-state index contributed by atoms with van der Waals surface area (Å²) in [5.74, 6) is 0.353. The van der Waals surface area contributed by atoms with Crippen LogP contribution >= 0.6 is 0 Å². The number of amides is 1. The van der Waals surface area contributed by atoms with Gasteiger partial charge in [-0.2, -0.15) is 4.98 Å². The average molecular weight is 430 g/mol. The molecule has 1 saturated carbocycles. The summed E-state index contributed by atoms with van der Waals surface area (Å²) >= 11 is 0. The van der Waals surface area contributed by atoms with Gasteiger partial charge in [-0.1, -0.05) is 11.2 Å². The van der Waals surface area contributed by atoms with Crippen LogP contribution in [0.4, 0.5) is 10.1 Å². The van der Waals surface area contributed by atoms with E-state index in [2.05, 4.69) is 20.2 Å². The third-order valence-corrected chi connectivity index (χ3v) is 6.07. The molecule has 1 aromatic heterocycles. The van der Waals surface area contributed by atoms with Crippen LogP contribution in [0.5, 0.6) is 0 Å². The second kappa shape index (κ2) is 7.86. The monoisotopic (exact) mass is 430 g/mol. The highest BCUT2D eigenvalue weighted by molar-refractivity contribution is 7.92. The van der Waals surface area contributed by atoms with Crippen LogP contribution in [0.2, 0.25) is 0 Å². The van der Waals surface area contributed by atoms with Crippen molar-refractivity contribution in [3.8, 4) is 0 Å². The van der Waals surface area contributed by atoms with E-state index in [0.29, 0.717) is 23.2 Å². The van der Waals surface area contributed by atoms with Crippen LogP contribution in [-0.2, 0) is 16.6 Å². The van der Waals surface area contributed by atoms with Gasteiger partial charge in [-0.15, -0.1) is 0 Å². The minimum atomic E-state index is -3.96. The van der Waals surface area contributed by atoms with Gasteiger partial charge in [0.15, 0.2) is 5.82 Å². The molecule has 30 heavy (non-hydrogen) atoms. The SMILES string of the molecule is Cc1ccc(S(=O)(=O)Nc2ccc(F)cc2)cc1C(=O)NCc1nc(C2CC2)no1. The van der Waals surface area contributed by atoms with Crippen LogP contribution in [0.15, 0.2) is 51.9 Å². The van der Waals surface area contributed by atoms with Crippen molar-refractivity contribution < 1.29 is 22.1 Å². The molecule has 0 unspecified atom stereocenters. The van der Waals surface area contributed by atoms with Gasteiger partial charge >= 0.3 is 0 Å². The number of aryl methyl sites for hydroxylation is 1. The molecule has 0 atom stereocenters. The van der Waals surface area contributed by atoms with E-state index < -0.39 is 21.7 Å². The van der Waals surface area contributed by atoms with Crippen molar-refractivity contribution in [1.29, 1.82) is 0 Å². The third kappa shape index (κ3) is 4.48. The molecule has 1 heterocycles. The predicted molar refractivity (Wildman–Crippen MR) is 106 cm³/mol. The number of nitrogens with one attached hydrogen (secondary N) is 2.